The molecule has 0 N–H and O–H groups in total. The third-order valence-corrected chi connectivity index (χ3v) is 3.93. The molecule has 0 atom stereocenters. The van der Waals surface area contributed by atoms with Gasteiger partial charge in [0.1, 0.15) is 17.0 Å². The summed E-state index contributed by atoms with van der Waals surface area (Å²) in [6.07, 6.45) is 0. The molecule has 0 spiro atoms. The highest BCUT2D eigenvalue weighted by molar-refractivity contribution is 6.13. The molecule has 7 nitrogen and oxygen atoms in total. The Morgan fingerprint density at radius 3 is 2.64 bits per heavy atom. The smallest absolute Gasteiger partial charge is 0.285 e. The Bertz CT molecular complexity index is 1170. The van der Waals surface area contributed by atoms with E-state index in [1.54, 1.807) is 0 Å². The molecule has 0 fully saturated rings. The lowest BCUT2D eigenvalue weighted by Gasteiger charge is -2.06. The van der Waals surface area contributed by atoms with E-state index in [2.05, 4.69) is 9.82 Å². The summed E-state index contributed by atoms with van der Waals surface area (Å²) in [5, 5.41) is -0.419. The van der Waals surface area contributed by atoms with E-state index in [0.29, 0.717) is 6.07 Å². The van der Waals surface area contributed by atoms with E-state index in [-0.39, 0.29) is 33.2 Å². The summed E-state index contributed by atoms with van der Waals surface area (Å²) < 4.78 is 28.4. The van der Waals surface area contributed by atoms with Crippen LogP contribution in [0.4, 0.5) is 14.5 Å². The SMILES string of the molecule is CO[N+](=O)c1ccc2c(c1)C(=O)c1nc3cc(F)cc(F)c3c(=O)n1-2. The van der Waals surface area contributed by atoms with Gasteiger partial charge in [0, 0.05) is 24.3 Å². The zero-order chi connectivity index (χ0) is 17.9. The van der Waals surface area contributed by atoms with Gasteiger partial charge in [-0.1, -0.05) is 0 Å². The second kappa shape index (κ2) is 5.00. The molecule has 9 heteroatoms. The molecule has 1 aliphatic rings. The summed E-state index contributed by atoms with van der Waals surface area (Å²) >= 11 is 0. The van der Waals surface area contributed by atoms with E-state index in [9.17, 15) is 23.3 Å². The van der Waals surface area contributed by atoms with E-state index in [1.807, 2.05) is 0 Å². The molecule has 0 saturated carbocycles. The first-order valence-electron chi connectivity index (χ1n) is 7.04. The number of carbonyl (C=O) groups is 1. The minimum Gasteiger partial charge on any atom is -0.285 e. The Hall–Kier alpha value is -3.49. The minimum atomic E-state index is -1.06. The van der Waals surface area contributed by atoms with Crippen molar-refractivity contribution in [3.05, 3.63) is 68.6 Å². The zero-order valence-corrected chi connectivity index (χ0v) is 12.6. The fourth-order valence-corrected chi connectivity index (χ4v) is 2.85. The molecule has 0 radical (unpaired) electrons. The van der Waals surface area contributed by atoms with Crippen LogP contribution in [0.5, 0.6) is 0 Å². The number of hydrogen-bond acceptors (Lipinski definition) is 5. The maximum atomic E-state index is 14.0. The highest BCUT2D eigenvalue weighted by Gasteiger charge is 2.33. The molecule has 124 valence electrons. The lowest BCUT2D eigenvalue weighted by Crippen LogP contribution is -2.22. The summed E-state index contributed by atoms with van der Waals surface area (Å²) in [4.78, 5) is 45.4. The van der Waals surface area contributed by atoms with Crippen molar-refractivity contribution in [1.82, 2.24) is 9.55 Å². The van der Waals surface area contributed by atoms with Gasteiger partial charge in [0.15, 0.2) is 12.9 Å². The number of benzene rings is 2. The molecule has 0 saturated heterocycles. The Kier molecular flexibility index (Phi) is 3.01. The molecule has 25 heavy (non-hydrogen) atoms. The fraction of sp³-hybridized carbons (Fsp3) is 0.0625. The highest BCUT2D eigenvalue weighted by atomic mass is 19.1. The molecule has 4 rings (SSSR count). The van der Waals surface area contributed by atoms with E-state index < -0.39 is 28.4 Å². The molecule has 0 amide bonds. The number of hydrogen-bond donors (Lipinski definition) is 0. The number of aromatic nitrogens is 2. The first kappa shape index (κ1) is 15.1. The molecule has 1 aliphatic heterocycles. The third-order valence-electron chi connectivity index (χ3n) is 3.93. The van der Waals surface area contributed by atoms with Crippen molar-refractivity contribution in [3.8, 4) is 5.69 Å². The number of ketones is 1. The second-order valence-electron chi connectivity index (χ2n) is 5.33. The third kappa shape index (κ3) is 1.98. The van der Waals surface area contributed by atoms with Crippen LogP contribution in [0.1, 0.15) is 16.2 Å². The molecule has 0 bridgehead atoms. The molecule has 3 aromatic rings. The van der Waals surface area contributed by atoms with Gasteiger partial charge in [0.2, 0.25) is 5.78 Å². The van der Waals surface area contributed by atoms with Crippen LogP contribution >= 0.6 is 0 Å². The molecule has 1 aromatic heterocycles. The number of halogens is 2. The number of fused-ring (bicyclic) bond motifs is 4. The van der Waals surface area contributed by atoms with Crippen molar-refractivity contribution >= 4 is 22.4 Å². The highest BCUT2D eigenvalue weighted by Crippen LogP contribution is 2.30. The molecule has 2 heterocycles. The topological polar surface area (TPSA) is 81.3 Å². The van der Waals surface area contributed by atoms with Crippen LogP contribution in [-0.2, 0) is 4.84 Å². The summed E-state index contributed by atoms with van der Waals surface area (Å²) in [5.74, 6) is -2.88. The van der Waals surface area contributed by atoms with Crippen molar-refractivity contribution in [2.45, 2.75) is 0 Å². The van der Waals surface area contributed by atoms with Gasteiger partial charge in [-0.2, -0.15) is 0 Å². The Balaban J connectivity index is 2.06. The number of nitrogens with zero attached hydrogens (tertiary/aromatic N) is 3. The largest absolute Gasteiger partial charge is 0.317 e. The van der Waals surface area contributed by atoms with Gasteiger partial charge >= 0.3 is 5.69 Å². The standard InChI is InChI=1S/C16H8F2N3O4/c1-25-21(24)8-2-3-12-9(6-8)14(22)15-19-11-5-7(17)4-10(18)13(11)16(23)20(12)15/h2-6H,1H3/q+1. The van der Waals surface area contributed by atoms with Crippen molar-refractivity contribution < 1.29 is 23.3 Å². The van der Waals surface area contributed by atoms with Gasteiger partial charge in [-0.15, -0.1) is 0 Å². The van der Waals surface area contributed by atoms with Crippen LogP contribution in [0.2, 0.25) is 0 Å². The van der Waals surface area contributed by atoms with Crippen LogP contribution in [0.3, 0.4) is 0 Å². The molecule has 0 aliphatic carbocycles. The van der Waals surface area contributed by atoms with Crippen LogP contribution in [0, 0.1) is 16.5 Å². The zero-order valence-electron chi connectivity index (χ0n) is 12.6. The van der Waals surface area contributed by atoms with Crippen molar-refractivity contribution in [2.24, 2.45) is 0 Å². The second-order valence-corrected chi connectivity index (χ2v) is 5.33. The minimum absolute atomic E-state index is 0.0381. The first-order valence-corrected chi connectivity index (χ1v) is 7.04. The number of carbonyl (C=O) groups excluding carboxylic acids is 1. The van der Waals surface area contributed by atoms with Gasteiger partial charge in [0.25, 0.3) is 10.5 Å². The van der Waals surface area contributed by atoms with Crippen molar-refractivity contribution in [2.75, 3.05) is 7.11 Å². The van der Waals surface area contributed by atoms with Crippen molar-refractivity contribution in [1.29, 1.82) is 0 Å². The van der Waals surface area contributed by atoms with Crippen LogP contribution in [-0.4, -0.2) is 27.4 Å². The quantitative estimate of drug-likeness (QED) is 0.521. The summed E-state index contributed by atoms with van der Waals surface area (Å²) in [6.45, 7) is 0. The average molecular weight is 344 g/mol. The maximum absolute atomic E-state index is 14.0. The summed E-state index contributed by atoms with van der Waals surface area (Å²) in [7, 11) is 1.16. The van der Waals surface area contributed by atoms with Gasteiger partial charge in [-0.3, -0.25) is 14.2 Å². The predicted octanol–water partition coefficient (Wildman–Crippen LogP) is 2.18. The van der Waals surface area contributed by atoms with E-state index >= 15 is 0 Å². The molecule has 2 aromatic carbocycles. The van der Waals surface area contributed by atoms with E-state index in [0.717, 1.165) is 17.7 Å². The summed E-state index contributed by atoms with van der Waals surface area (Å²) in [6, 6.07) is 5.40. The lowest BCUT2D eigenvalue weighted by atomic mass is 10.1. The van der Waals surface area contributed by atoms with E-state index in [1.165, 1.54) is 18.2 Å². The monoisotopic (exact) mass is 344 g/mol. The summed E-state index contributed by atoms with van der Waals surface area (Å²) in [5.41, 5.74) is -0.842. The first-order chi connectivity index (χ1) is 11.9. The Morgan fingerprint density at radius 1 is 1.16 bits per heavy atom. The van der Waals surface area contributed by atoms with Crippen molar-refractivity contribution in [3.63, 3.8) is 0 Å². The average Bonchev–Trinajstić information content (AvgIpc) is 2.86. The van der Waals surface area contributed by atoms with Gasteiger partial charge in [-0.05, 0) is 6.07 Å². The fourth-order valence-electron chi connectivity index (χ4n) is 2.85. The normalized spacial score (nSPS) is 12.2. The van der Waals surface area contributed by atoms with Crippen LogP contribution in [0.25, 0.3) is 16.6 Å². The van der Waals surface area contributed by atoms with Crippen LogP contribution < -0.4 is 5.56 Å². The van der Waals surface area contributed by atoms with Crippen LogP contribution in [0.15, 0.2) is 35.1 Å². The predicted molar refractivity (Wildman–Crippen MR) is 81.0 cm³/mol. The molecular weight excluding hydrogens is 336 g/mol. The van der Waals surface area contributed by atoms with E-state index in [4.69, 9.17) is 0 Å². The maximum Gasteiger partial charge on any atom is 0.317 e. The molecule has 0 unspecified atom stereocenters. The Morgan fingerprint density at radius 2 is 1.92 bits per heavy atom. The van der Waals surface area contributed by atoms with Gasteiger partial charge < -0.3 is 0 Å². The Labute approximate surface area is 137 Å². The lowest BCUT2D eigenvalue weighted by molar-refractivity contribution is -0.736. The van der Waals surface area contributed by atoms with Gasteiger partial charge in [0.05, 0.1) is 21.7 Å². The van der Waals surface area contributed by atoms with Gasteiger partial charge in [-0.25, -0.2) is 18.6 Å². The molecular formula is C16H8F2N3O4+. The number of rotatable bonds is 2.